The number of thioether (sulfide) groups is 1. The van der Waals surface area contributed by atoms with Gasteiger partial charge in [-0.1, -0.05) is 27.7 Å². The highest BCUT2D eigenvalue weighted by Gasteiger charge is 2.36. The summed E-state index contributed by atoms with van der Waals surface area (Å²) in [4.78, 5) is 2.71. The van der Waals surface area contributed by atoms with Gasteiger partial charge < -0.3 is 15.0 Å². The third-order valence-corrected chi connectivity index (χ3v) is 5.72. The van der Waals surface area contributed by atoms with Gasteiger partial charge in [0.2, 0.25) is 0 Å². The summed E-state index contributed by atoms with van der Waals surface area (Å²) in [5, 5.41) is 5.22. The Labute approximate surface area is 129 Å². The fourth-order valence-corrected chi connectivity index (χ4v) is 4.89. The highest BCUT2D eigenvalue weighted by Crippen LogP contribution is 2.34. The quantitative estimate of drug-likeness (QED) is 0.843. The van der Waals surface area contributed by atoms with Crippen LogP contribution < -0.4 is 5.32 Å². The van der Waals surface area contributed by atoms with E-state index in [9.17, 15) is 0 Å². The Kier molecular flexibility index (Phi) is 6.21. The first-order valence-corrected chi connectivity index (χ1v) is 9.12. The molecule has 3 nitrogen and oxygen atoms in total. The average Bonchev–Trinajstić information content (AvgIpc) is 2.36. The Morgan fingerprint density at radius 1 is 1.20 bits per heavy atom. The maximum absolute atomic E-state index is 5.61. The molecule has 2 fully saturated rings. The molecule has 0 aromatic carbocycles. The van der Waals surface area contributed by atoms with Gasteiger partial charge in [-0.2, -0.15) is 11.8 Å². The fraction of sp³-hybridized carbons (Fsp3) is 1.00. The second kappa shape index (κ2) is 7.48. The number of hydrogen-bond acceptors (Lipinski definition) is 4. The van der Waals surface area contributed by atoms with Gasteiger partial charge in [0.1, 0.15) is 0 Å². The molecule has 0 amide bonds. The van der Waals surface area contributed by atoms with Gasteiger partial charge in [-0.05, 0) is 18.3 Å². The van der Waals surface area contributed by atoms with Crippen LogP contribution in [0, 0.1) is 5.41 Å². The third kappa shape index (κ3) is 4.90. The van der Waals surface area contributed by atoms with Gasteiger partial charge in [0, 0.05) is 55.9 Å². The van der Waals surface area contributed by atoms with E-state index in [4.69, 9.17) is 4.74 Å². The molecule has 0 radical (unpaired) electrons. The molecule has 0 saturated carbocycles. The molecule has 118 valence electrons. The lowest BCUT2D eigenvalue weighted by molar-refractivity contribution is -0.00542. The van der Waals surface area contributed by atoms with E-state index in [1.54, 1.807) is 0 Å². The van der Waals surface area contributed by atoms with E-state index in [-0.39, 0.29) is 0 Å². The smallest absolute Gasteiger partial charge is 0.0472 e. The van der Waals surface area contributed by atoms with Crippen LogP contribution >= 0.6 is 11.8 Å². The predicted octanol–water partition coefficient (Wildman–Crippen LogP) is 2.61. The minimum absolute atomic E-state index is 0.421. The van der Waals surface area contributed by atoms with Crippen LogP contribution in [-0.4, -0.2) is 60.8 Å². The number of hydrogen-bond donors (Lipinski definition) is 1. The van der Waals surface area contributed by atoms with Crippen molar-refractivity contribution in [2.45, 2.75) is 57.1 Å². The van der Waals surface area contributed by atoms with Crippen LogP contribution in [0.25, 0.3) is 0 Å². The third-order valence-electron chi connectivity index (χ3n) is 4.49. The zero-order chi connectivity index (χ0) is 14.6. The minimum Gasteiger partial charge on any atom is -0.381 e. The van der Waals surface area contributed by atoms with E-state index in [0.29, 0.717) is 11.5 Å². The maximum Gasteiger partial charge on any atom is 0.0472 e. The number of ether oxygens (including phenoxy) is 1. The largest absolute Gasteiger partial charge is 0.381 e. The highest BCUT2D eigenvalue weighted by atomic mass is 32.2. The van der Waals surface area contributed by atoms with E-state index < -0.39 is 0 Å². The summed E-state index contributed by atoms with van der Waals surface area (Å²) >= 11 is 2.14. The van der Waals surface area contributed by atoms with E-state index >= 15 is 0 Å². The molecule has 2 heterocycles. The van der Waals surface area contributed by atoms with Crippen LogP contribution in [0.2, 0.25) is 0 Å². The predicted molar refractivity (Wildman–Crippen MR) is 88.6 cm³/mol. The van der Waals surface area contributed by atoms with Gasteiger partial charge in [0.05, 0.1) is 0 Å². The molecule has 0 aromatic rings. The molecule has 2 atom stereocenters. The van der Waals surface area contributed by atoms with E-state index in [2.05, 4.69) is 49.7 Å². The Morgan fingerprint density at radius 3 is 2.35 bits per heavy atom. The lowest BCUT2D eigenvalue weighted by Crippen LogP contribution is -2.52. The molecular formula is C16H32N2OS. The molecule has 2 saturated heterocycles. The van der Waals surface area contributed by atoms with Crippen LogP contribution in [0.15, 0.2) is 0 Å². The summed E-state index contributed by atoms with van der Waals surface area (Å²) in [6.07, 6.45) is 2.41. The molecule has 0 spiro atoms. The second-order valence-corrected chi connectivity index (χ2v) is 8.98. The van der Waals surface area contributed by atoms with Crippen LogP contribution in [0.3, 0.4) is 0 Å². The Bertz CT molecular complexity index is 282. The van der Waals surface area contributed by atoms with Gasteiger partial charge in [0.15, 0.2) is 0 Å². The summed E-state index contributed by atoms with van der Waals surface area (Å²) in [5.41, 5.74) is 0.421. The Morgan fingerprint density at radius 2 is 1.80 bits per heavy atom. The lowest BCUT2D eigenvalue weighted by atomic mass is 9.79. The first kappa shape index (κ1) is 16.6. The van der Waals surface area contributed by atoms with Crippen LogP contribution in [0.4, 0.5) is 0 Å². The topological polar surface area (TPSA) is 24.5 Å². The summed E-state index contributed by atoms with van der Waals surface area (Å²) in [6, 6.07) is 0.574. The molecule has 20 heavy (non-hydrogen) atoms. The van der Waals surface area contributed by atoms with Crippen LogP contribution in [0.5, 0.6) is 0 Å². The number of nitrogens with zero attached hydrogens (tertiary/aromatic N) is 1. The average molecular weight is 301 g/mol. The summed E-state index contributed by atoms with van der Waals surface area (Å²) in [5.74, 6) is 0. The van der Waals surface area contributed by atoms with Crippen molar-refractivity contribution in [1.82, 2.24) is 10.2 Å². The van der Waals surface area contributed by atoms with Gasteiger partial charge in [-0.25, -0.2) is 0 Å². The summed E-state index contributed by atoms with van der Waals surface area (Å²) < 4.78 is 5.61. The van der Waals surface area contributed by atoms with Crippen molar-refractivity contribution in [1.29, 1.82) is 0 Å². The second-order valence-electron chi connectivity index (χ2n) is 7.10. The molecule has 2 unspecified atom stereocenters. The SMILES string of the molecule is CC(C)NCC1(CN2CC(C)SC(C)C2)CCOCC1. The van der Waals surface area contributed by atoms with Gasteiger partial charge in [-0.15, -0.1) is 0 Å². The maximum atomic E-state index is 5.61. The van der Waals surface area contributed by atoms with E-state index in [0.717, 1.165) is 30.3 Å². The van der Waals surface area contributed by atoms with Crippen molar-refractivity contribution in [3.05, 3.63) is 0 Å². The van der Waals surface area contributed by atoms with Crippen molar-refractivity contribution >= 4 is 11.8 Å². The Hall–Kier alpha value is 0.230. The summed E-state index contributed by atoms with van der Waals surface area (Å²) in [6.45, 7) is 16.0. The zero-order valence-electron chi connectivity index (χ0n) is 13.7. The molecule has 2 rings (SSSR count). The molecule has 0 bridgehead atoms. The molecule has 0 aliphatic carbocycles. The van der Waals surface area contributed by atoms with Crippen molar-refractivity contribution < 1.29 is 4.74 Å². The van der Waals surface area contributed by atoms with Crippen LogP contribution in [-0.2, 0) is 4.74 Å². The number of rotatable bonds is 5. The van der Waals surface area contributed by atoms with Crippen LogP contribution in [0.1, 0.15) is 40.5 Å². The standard InChI is InChI=1S/C16H32N2OS/c1-13(2)17-11-16(5-7-19-8-6-16)12-18-9-14(3)20-15(4)10-18/h13-15,17H,5-12H2,1-4H3. The lowest BCUT2D eigenvalue weighted by Gasteiger charge is -2.44. The van der Waals surface area contributed by atoms with Gasteiger partial charge in [-0.3, -0.25) is 0 Å². The van der Waals surface area contributed by atoms with E-state index in [1.165, 1.54) is 32.5 Å². The highest BCUT2D eigenvalue weighted by molar-refractivity contribution is 8.00. The zero-order valence-corrected chi connectivity index (χ0v) is 14.5. The van der Waals surface area contributed by atoms with Gasteiger partial charge >= 0.3 is 0 Å². The minimum atomic E-state index is 0.421. The van der Waals surface area contributed by atoms with E-state index in [1.807, 2.05) is 0 Å². The number of nitrogens with one attached hydrogen (secondary N) is 1. The van der Waals surface area contributed by atoms with Crippen molar-refractivity contribution in [3.8, 4) is 0 Å². The molecule has 1 N–H and O–H groups in total. The van der Waals surface area contributed by atoms with Gasteiger partial charge in [0.25, 0.3) is 0 Å². The van der Waals surface area contributed by atoms with Crippen molar-refractivity contribution in [2.24, 2.45) is 5.41 Å². The first-order chi connectivity index (χ1) is 9.49. The molecule has 4 heteroatoms. The molecular weight excluding hydrogens is 268 g/mol. The first-order valence-electron chi connectivity index (χ1n) is 8.18. The Balaban J connectivity index is 1.95. The monoisotopic (exact) mass is 300 g/mol. The van der Waals surface area contributed by atoms with Crippen molar-refractivity contribution in [3.63, 3.8) is 0 Å². The summed E-state index contributed by atoms with van der Waals surface area (Å²) in [7, 11) is 0. The van der Waals surface area contributed by atoms with Crippen molar-refractivity contribution in [2.75, 3.05) is 39.4 Å². The molecule has 2 aliphatic rings. The molecule has 2 aliphatic heterocycles. The molecule has 0 aromatic heterocycles. The normalized spacial score (nSPS) is 31.6. The fourth-order valence-electron chi connectivity index (χ4n) is 3.50.